The van der Waals surface area contributed by atoms with Crippen molar-refractivity contribution in [3.63, 3.8) is 0 Å². The molecule has 0 unspecified atom stereocenters. The van der Waals surface area contributed by atoms with Crippen molar-refractivity contribution in [1.29, 1.82) is 0 Å². The first kappa shape index (κ1) is 20.2. The minimum atomic E-state index is -3.77. The smallest absolute Gasteiger partial charge is 0.248 e. The topological polar surface area (TPSA) is 95.9 Å². The number of amides is 1. The molecule has 1 aromatic carbocycles. The first-order chi connectivity index (χ1) is 12.4. The summed E-state index contributed by atoms with van der Waals surface area (Å²) in [5.74, 6) is 4.90. The lowest BCUT2D eigenvalue weighted by Gasteiger charge is -2.35. The summed E-state index contributed by atoms with van der Waals surface area (Å²) in [6, 6.07) is 5.62. The number of hydroxylamine groups is 1. The molecule has 1 amide bonds. The Labute approximate surface area is 154 Å². The minimum absolute atomic E-state index is 0.127. The van der Waals surface area contributed by atoms with E-state index in [-0.39, 0.29) is 11.5 Å². The Bertz CT molecular complexity index is 780. The van der Waals surface area contributed by atoms with E-state index in [1.807, 2.05) is 0 Å². The molecule has 0 spiro atoms. The number of hydrogen-bond acceptors (Lipinski definition) is 5. The molecule has 1 aliphatic rings. The van der Waals surface area contributed by atoms with E-state index in [2.05, 4.69) is 11.8 Å². The molecule has 0 saturated heterocycles. The third-order valence-corrected chi connectivity index (χ3v) is 6.53. The molecule has 7 nitrogen and oxygen atoms in total. The van der Waals surface area contributed by atoms with Crippen LogP contribution in [0.1, 0.15) is 32.6 Å². The monoisotopic (exact) mass is 380 g/mol. The second kappa shape index (κ2) is 9.03. The fraction of sp³-hybridized carbons (Fsp3) is 0.500. The van der Waals surface area contributed by atoms with Gasteiger partial charge in [0.05, 0.1) is 10.8 Å². The van der Waals surface area contributed by atoms with Crippen LogP contribution in [0, 0.1) is 17.8 Å². The number of ether oxygens (including phenoxy) is 1. The molecule has 0 aromatic heterocycles. The van der Waals surface area contributed by atoms with Gasteiger partial charge in [0.1, 0.15) is 12.4 Å². The van der Waals surface area contributed by atoms with E-state index < -0.39 is 27.9 Å². The molecule has 2 rings (SSSR count). The molecular weight excluding hydrogens is 356 g/mol. The Hall–Kier alpha value is -2.08. The maximum absolute atomic E-state index is 12.9. The maximum atomic E-state index is 12.9. The predicted molar refractivity (Wildman–Crippen MR) is 96.0 cm³/mol. The van der Waals surface area contributed by atoms with Crippen LogP contribution < -0.4 is 10.2 Å². The highest BCUT2D eigenvalue weighted by atomic mass is 32.2. The van der Waals surface area contributed by atoms with Crippen LogP contribution in [0.3, 0.4) is 0 Å². The molecule has 1 fully saturated rings. The van der Waals surface area contributed by atoms with Crippen molar-refractivity contribution in [1.82, 2.24) is 9.79 Å². The number of nitrogens with zero attached hydrogens (tertiary/aromatic N) is 1. The number of carbonyl (C=O) groups is 1. The van der Waals surface area contributed by atoms with Crippen molar-refractivity contribution in [2.24, 2.45) is 5.92 Å². The Morgan fingerprint density at radius 3 is 2.58 bits per heavy atom. The third kappa shape index (κ3) is 4.55. The van der Waals surface area contributed by atoms with Crippen LogP contribution in [0.5, 0.6) is 5.75 Å². The summed E-state index contributed by atoms with van der Waals surface area (Å²) < 4.78 is 32.5. The van der Waals surface area contributed by atoms with Crippen LogP contribution in [-0.2, 0) is 14.8 Å². The Morgan fingerprint density at radius 1 is 1.31 bits per heavy atom. The van der Waals surface area contributed by atoms with Gasteiger partial charge < -0.3 is 4.74 Å². The summed E-state index contributed by atoms with van der Waals surface area (Å²) in [4.78, 5) is 12.0. The van der Waals surface area contributed by atoms with Crippen molar-refractivity contribution in [2.45, 2.75) is 43.5 Å². The average Bonchev–Trinajstić information content (AvgIpc) is 2.67. The maximum Gasteiger partial charge on any atom is 0.248 e. The normalized spacial score (nSPS) is 20.2. The largest absolute Gasteiger partial charge is 0.481 e. The number of benzene rings is 1. The van der Waals surface area contributed by atoms with Gasteiger partial charge in [-0.25, -0.2) is 13.9 Å². The highest BCUT2D eigenvalue weighted by molar-refractivity contribution is 7.89. The van der Waals surface area contributed by atoms with Gasteiger partial charge in [-0.3, -0.25) is 10.0 Å². The molecule has 0 aliphatic heterocycles. The standard InChI is InChI=1S/C18H24N2O5S/c1-3-4-13-25-14-9-11-15(12-10-14)26(23,24)20(2)17-8-6-5-7-16(17)18(21)19-22/h9-12,16-17,22H,5-8,13H2,1-2H3,(H,19,21)/t16-,17+/m1/s1. The van der Waals surface area contributed by atoms with E-state index >= 15 is 0 Å². The van der Waals surface area contributed by atoms with Gasteiger partial charge in [0.25, 0.3) is 0 Å². The van der Waals surface area contributed by atoms with Crippen molar-refractivity contribution in [3.05, 3.63) is 24.3 Å². The molecule has 8 heteroatoms. The number of carbonyl (C=O) groups excluding carboxylic acids is 1. The lowest BCUT2D eigenvalue weighted by atomic mass is 9.84. The molecule has 1 saturated carbocycles. The number of nitrogens with one attached hydrogen (secondary N) is 1. The van der Waals surface area contributed by atoms with Crippen LogP contribution in [0.25, 0.3) is 0 Å². The lowest BCUT2D eigenvalue weighted by molar-refractivity contribution is -0.136. The molecule has 0 radical (unpaired) electrons. The van der Waals surface area contributed by atoms with Gasteiger partial charge in [0.15, 0.2) is 0 Å². The zero-order valence-electron chi connectivity index (χ0n) is 14.9. The summed E-state index contributed by atoms with van der Waals surface area (Å²) >= 11 is 0. The SMILES string of the molecule is CC#CCOc1ccc(S(=O)(=O)N(C)[C@H]2CCCC[C@H]2C(=O)NO)cc1. The Morgan fingerprint density at radius 2 is 1.96 bits per heavy atom. The molecule has 0 bridgehead atoms. The minimum Gasteiger partial charge on any atom is -0.481 e. The van der Waals surface area contributed by atoms with Crippen LogP contribution in [0.4, 0.5) is 0 Å². The zero-order valence-corrected chi connectivity index (χ0v) is 15.8. The Kier molecular flexibility index (Phi) is 7.03. The second-order valence-corrected chi connectivity index (χ2v) is 8.14. The van der Waals surface area contributed by atoms with Crippen LogP contribution >= 0.6 is 0 Å². The molecule has 26 heavy (non-hydrogen) atoms. The van der Waals surface area contributed by atoms with Crippen molar-refractivity contribution < 1.29 is 23.2 Å². The molecule has 0 heterocycles. The van der Waals surface area contributed by atoms with E-state index in [0.29, 0.717) is 18.6 Å². The van der Waals surface area contributed by atoms with Crippen molar-refractivity contribution in [3.8, 4) is 17.6 Å². The van der Waals surface area contributed by atoms with E-state index in [0.717, 1.165) is 12.8 Å². The van der Waals surface area contributed by atoms with Gasteiger partial charge in [-0.1, -0.05) is 18.8 Å². The number of hydrogen-bond donors (Lipinski definition) is 2. The van der Waals surface area contributed by atoms with Crippen LogP contribution in [-0.4, -0.2) is 43.5 Å². The van der Waals surface area contributed by atoms with Gasteiger partial charge in [-0.2, -0.15) is 4.31 Å². The molecule has 2 atom stereocenters. The fourth-order valence-electron chi connectivity index (χ4n) is 3.18. The van der Waals surface area contributed by atoms with Gasteiger partial charge in [0.2, 0.25) is 15.9 Å². The van der Waals surface area contributed by atoms with Gasteiger partial charge in [0, 0.05) is 13.1 Å². The predicted octanol–water partition coefficient (Wildman–Crippen LogP) is 1.77. The van der Waals surface area contributed by atoms with Crippen molar-refractivity contribution >= 4 is 15.9 Å². The summed E-state index contributed by atoms with van der Waals surface area (Å²) in [6.45, 7) is 1.95. The average molecular weight is 380 g/mol. The van der Waals surface area contributed by atoms with E-state index in [1.165, 1.54) is 23.5 Å². The Balaban J connectivity index is 2.19. The van der Waals surface area contributed by atoms with Crippen molar-refractivity contribution in [2.75, 3.05) is 13.7 Å². The quantitative estimate of drug-likeness (QED) is 0.445. The van der Waals surface area contributed by atoms with E-state index in [1.54, 1.807) is 24.5 Å². The molecule has 2 N–H and O–H groups in total. The highest BCUT2D eigenvalue weighted by Crippen LogP contribution is 2.31. The highest BCUT2D eigenvalue weighted by Gasteiger charge is 2.38. The van der Waals surface area contributed by atoms with Gasteiger partial charge in [-0.15, -0.1) is 5.92 Å². The first-order valence-electron chi connectivity index (χ1n) is 8.46. The zero-order chi connectivity index (χ0) is 19.2. The molecule has 1 aromatic rings. The van der Waals surface area contributed by atoms with Gasteiger partial charge in [-0.05, 0) is 44.0 Å². The lowest BCUT2D eigenvalue weighted by Crippen LogP contribution is -2.48. The molecule has 1 aliphatic carbocycles. The second-order valence-electron chi connectivity index (χ2n) is 6.14. The van der Waals surface area contributed by atoms with Gasteiger partial charge >= 0.3 is 0 Å². The first-order valence-corrected chi connectivity index (χ1v) is 9.90. The van der Waals surface area contributed by atoms with E-state index in [4.69, 9.17) is 9.94 Å². The summed E-state index contributed by atoms with van der Waals surface area (Å²) in [5, 5.41) is 8.93. The number of rotatable bonds is 6. The molecular formula is C18H24N2O5S. The molecule has 142 valence electrons. The summed E-state index contributed by atoms with van der Waals surface area (Å²) in [5.41, 5.74) is 1.65. The van der Waals surface area contributed by atoms with Crippen LogP contribution in [0.2, 0.25) is 0 Å². The fourth-order valence-corrected chi connectivity index (χ4v) is 4.60. The van der Waals surface area contributed by atoms with Crippen LogP contribution in [0.15, 0.2) is 29.2 Å². The third-order valence-electron chi connectivity index (χ3n) is 4.63. The summed E-state index contributed by atoms with van der Waals surface area (Å²) in [7, 11) is -2.29. The number of sulfonamides is 1. The van der Waals surface area contributed by atoms with E-state index in [9.17, 15) is 13.2 Å². The summed E-state index contributed by atoms with van der Waals surface area (Å²) in [6.07, 6.45) is 2.78.